The van der Waals surface area contributed by atoms with E-state index in [0.29, 0.717) is 0 Å². The second-order valence-electron chi connectivity index (χ2n) is 2.18. The highest BCUT2D eigenvalue weighted by Crippen LogP contribution is 1.98. The summed E-state index contributed by atoms with van der Waals surface area (Å²) in [6, 6.07) is 4.12. The van der Waals surface area contributed by atoms with Gasteiger partial charge in [0.1, 0.15) is 0 Å². The van der Waals surface area contributed by atoms with E-state index in [-0.39, 0.29) is 8.41 Å². The Bertz CT molecular complexity index is 198. The number of hydrogen-bond donors (Lipinski definition) is 0. The molecule has 0 aliphatic carbocycles. The third-order valence-electron chi connectivity index (χ3n) is 1.33. The summed E-state index contributed by atoms with van der Waals surface area (Å²) in [5.41, 5.74) is 2.47. The highest BCUT2D eigenvalue weighted by molar-refractivity contribution is 5.75. The normalized spacial score (nSPS) is 8.60. The molecule has 1 aromatic rings. The van der Waals surface area contributed by atoms with Gasteiger partial charge in [-0.25, -0.2) is 0 Å². The maximum absolute atomic E-state index is 4.16. The number of pyridine rings is 1. The van der Waals surface area contributed by atoms with Crippen LogP contribution in [0.2, 0.25) is 0 Å². The zero-order valence-corrected chi connectivity index (χ0v) is 6.46. The van der Waals surface area contributed by atoms with Crippen molar-refractivity contribution in [2.24, 2.45) is 0 Å². The molecule has 3 radical (unpaired) electrons. The minimum Gasteiger partial charge on any atom is -0.261 e. The Labute approximate surface area is 64.1 Å². The van der Waals surface area contributed by atoms with Crippen molar-refractivity contribution in [3.63, 3.8) is 0 Å². The van der Waals surface area contributed by atoms with Crippen molar-refractivity contribution >= 4 is 8.41 Å². The van der Waals surface area contributed by atoms with Gasteiger partial charge in [-0.15, -0.1) is 0 Å². The molecule has 0 saturated carbocycles. The molecule has 51 valence electrons. The van der Waals surface area contributed by atoms with Crippen molar-refractivity contribution in [1.29, 1.82) is 0 Å². The van der Waals surface area contributed by atoms with Gasteiger partial charge in [0.2, 0.25) is 0 Å². The zero-order chi connectivity index (χ0) is 6.69. The minimum atomic E-state index is 0. The molecule has 1 heterocycles. The molecule has 1 rings (SSSR count). The van der Waals surface area contributed by atoms with Gasteiger partial charge in [0.25, 0.3) is 0 Å². The molecule has 0 atom stereocenters. The van der Waals surface area contributed by atoms with Gasteiger partial charge >= 0.3 is 0 Å². The molecular formula is C8H11BN. The van der Waals surface area contributed by atoms with Crippen molar-refractivity contribution in [2.45, 2.75) is 20.3 Å². The fraction of sp³-hybridized carbons (Fsp3) is 0.375. The maximum atomic E-state index is 4.16. The van der Waals surface area contributed by atoms with Crippen molar-refractivity contribution in [3.05, 3.63) is 29.6 Å². The van der Waals surface area contributed by atoms with E-state index in [9.17, 15) is 0 Å². The Morgan fingerprint density at radius 1 is 1.50 bits per heavy atom. The number of aryl methyl sites for hydroxylation is 2. The van der Waals surface area contributed by atoms with Crippen molar-refractivity contribution in [2.75, 3.05) is 0 Å². The standard InChI is InChI=1S/C8H11N.B/c1-3-8-6-7(2)4-5-9-8;/h4-6H,3H2,1-2H3;. The van der Waals surface area contributed by atoms with Gasteiger partial charge < -0.3 is 0 Å². The second-order valence-corrected chi connectivity index (χ2v) is 2.18. The Morgan fingerprint density at radius 3 is 2.60 bits per heavy atom. The quantitative estimate of drug-likeness (QED) is 0.528. The van der Waals surface area contributed by atoms with Gasteiger partial charge in [0.05, 0.1) is 0 Å². The summed E-state index contributed by atoms with van der Waals surface area (Å²) < 4.78 is 0. The van der Waals surface area contributed by atoms with Crippen LogP contribution in [0.3, 0.4) is 0 Å². The molecule has 10 heavy (non-hydrogen) atoms. The number of hydrogen-bond acceptors (Lipinski definition) is 1. The molecule has 0 N–H and O–H groups in total. The molecule has 0 spiro atoms. The first-order chi connectivity index (χ1) is 4.33. The molecule has 0 aliphatic rings. The van der Waals surface area contributed by atoms with E-state index >= 15 is 0 Å². The van der Waals surface area contributed by atoms with E-state index in [1.54, 1.807) is 0 Å². The lowest BCUT2D eigenvalue weighted by atomic mass is 10.2. The van der Waals surface area contributed by atoms with E-state index in [1.165, 1.54) is 11.3 Å². The SMILES string of the molecule is CCc1cc(C)ccn1.[B]. The van der Waals surface area contributed by atoms with Gasteiger partial charge in [0, 0.05) is 20.3 Å². The van der Waals surface area contributed by atoms with E-state index in [4.69, 9.17) is 0 Å². The maximum Gasteiger partial charge on any atom is 0.0403 e. The Morgan fingerprint density at radius 2 is 2.20 bits per heavy atom. The lowest BCUT2D eigenvalue weighted by Crippen LogP contribution is -1.85. The number of aromatic nitrogens is 1. The highest BCUT2D eigenvalue weighted by Gasteiger charge is 1.87. The fourth-order valence-electron chi connectivity index (χ4n) is 0.792. The first-order valence-corrected chi connectivity index (χ1v) is 3.24. The van der Waals surface area contributed by atoms with E-state index in [1.807, 2.05) is 12.3 Å². The van der Waals surface area contributed by atoms with Crippen LogP contribution < -0.4 is 0 Å². The Hall–Kier alpha value is -0.785. The fourth-order valence-corrected chi connectivity index (χ4v) is 0.792. The average molecular weight is 132 g/mol. The van der Waals surface area contributed by atoms with Crippen LogP contribution in [-0.2, 0) is 6.42 Å². The van der Waals surface area contributed by atoms with Crippen molar-refractivity contribution in [1.82, 2.24) is 4.98 Å². The van der Waals surface area contributed by atoms with E-state index in [0.717, 1.165) is 6.42 Å². The van der Waals surface area contributed by atoms with Crippen LogP contribution in [0.4, 0.5) is 0 Å². The predicted molar refractivity (Wildman–Crippen MR) is 44.1 cm³/mol. The van der Waals surface area contributed by atoms with Crippen LogP contribution in [-0.4, -0.2) is 13.4 Å². The molecule has 0 aliphatic heterocycles. The van der Waals surface area contributed by atoms with Crippen LogP contribution in [0, 0.1) is 6.92 Å². The Kier molecular flexibility index (Phi) is 3.78. The molecule has 0 saturated heterocycles. The third-order valence-corrected chi connectivity index (χ3v) is 1.33. The zero-order valence-electron chi connectivity index (χ0n) is 6.46. The largest absolute Gasteiger partial charge is 0.261 e. The van der Waals surface area contributed by atoms with Crippen LogP contribution in [0.1, 0.15) is 18.2 Å². The monoisotopic (exact) mass is 132 g/mol. The molecule has 1 nitrogen and oxygen atoms in total. The van der Waals surface area contributed by atoms with E-state index < -0.39 is 0 Å². The lowest BCUT2D eigenvalue weighted by Gasteiger charge is -1.94. The molecular weight excluding hydrogens is 121 g/mol. The first kappa shape index (κ1) is 9.21. The lowest BCUT2D eigenvalue weighted by molar-refractivity contribution is 1.03. The number of nitrogens with zero attached hydrogens (tertiary/aromatic N) is 1. The summed E-state index contributed by atoms with van der Waals surface area (Å²) in [4.78, 5) is 4.16. The van der Waals surface area contributed by atoms with Gasteiger partial charge in [-0.05, 0) is 31.0 Å². The molecule has 2 heteroatoms. The minimum absolute atomic E-state index is 0. The molecule has 0 bridgehead atoms. The smallest absolute Gasteiger partial charge is 0.0403 e. The van der Waals surface area contributed by atoms with E-state index in [2.05, 4.69) is 24.9 Å². The van der Waals surface area contributed by atoms with Crippen LogP contribution in [0.25, 0.3) is 0 Å². The summed E-state index contributed by atoms with van der Waals surface area (Å²) in [6.07, 6.45) is 2.88. The Balaban J connectivity index is 0.000000810. The third kappa shape index (κ3) is 2.22. The van der Waals surface area contributed by atoms with Crippen LogP contribution in [0.5, 0.6) is 0 Å². The number of rotatable bonds is 1. The summed E-state index contributed by atoms with van der Waals surface area (Å²) in [5.74, 6) is 0. The van der Waals surface area contributed by atoms with Crippen molar-refractivity contribution < 1.29 is 0 Å². The molecule has 0 amide bonds. The van der Waals surface area contributed by atoms with Gasteiger partial charge in [0.15, 0.2) is 0 Å². The summed E-state index contributed by atoms with van der Waals surface area (Å²) in [5, 5.41) is 0. The summed E-state index contributed by atoms with van der Waals surface area (Å²) in [7, 11) is 0. The summed E-state index contributed by atoms with van der Waals surface area (Å²) in [6.45, 7) is 4.20. The molecule has 0 unspecified atom stereocenters. The van der Waals surface area contributed by atoms with Crippen LogP contribution >= 0.6 is 0 Å². The van der Waals surface area contributed by atoms with Gasteiger partial charge in [-0.1, -0.05) is 6.92 Å². The molecule has 1 aromatic heterocycles. The van der Waals surface area contributed by atoms with Crippen molar-refractivity contribution in [3.8, 4) is 0 Å². The summed E-state index contributed by atoms with van der Waals surface area (Å²) >= 11 is 0. The van der Waals surface area contributed by atoms with Crippen LogP contribution in [0.15, 0.2) is 18.3 Å². The molecule has 0 aromatic carbocycles. The van der Waals surface area contributed by atoms with Gasteiger partial charge in [-0.3, -0.25) is 4.98 Å². The topological polar surface area (TPSA) is 12.9 Å². The molecule has 0 fully saturated rings. The predicted octanol–water partition coefficient (Wildman–Crippen LogP) is 1.57. The average Bonchev–Trinajstić information content (AvgIpc) is 1.88. The highest BCUT2D eigenvalue weighted by atomic mass is 14.7. The second kappa shape index (κ2) is 4.10. The van der Waals surface area contributed by atoms with Gasteiger partial charge in [-0.2, -0.15) is 0 Å². The first-order valence-electron chi connectivity index (χ1n) is 3.24.